The van der Waals surface area contributed by atoms with Gasteiger partial charge in [0.15, 0.2) is 6.17 Å². The molecule has 11 rings (SSSR count). The summed E-state index contributed by atoms with van der Waals surface area (Å²) in [6.07, 6.45) is 4.24. The van der Waals surface area contributed by atoms with Crippen molar-refractivity contribution in [2.24, 2.45) is 0 Å². The zero-order valence-electron chi connectivity index (χ0n) is 29.8. The van der Waals surface area contributed by atoms with Gasteiger partial charge in [-0.15, -0.1) is 0 Å². The maximum Gasteiger partial charge on any atom is 0.150 e. The molecular weight excluding hydrogens is 666 g/mol. The van der Waals surface area contributed by atoms with E-state index in [9.17, 15) is 0 Å². The van der Waals surface area contributed by atoms with Crippen LogP contribution in [0.3, 0.4) is 0 Å². The molecule has 10 aromatic rings. The number of nitrogens with zero attached hydrogens (tertiary/aromatic N) is 5. The molecule has 0 spiro atoms. The first-order chi connectivity index (χ1) is 26.5. The van der Waals surface area contributed by atoms with Crippen molar-refractivity contribution in [1.82, 2.24) is 18.9 Å². The molecule has 1 unspecified atom stereocenters. The number of pyridine rings is 2. The SMILES string of the molecule is CC1(C)c2ccccc2N(c2ccccc2)c2ccc3c(c21)c1ccc(C(F)c2ccc4c5ccccc5n5ccnc5c4c2)cc1n3-c1ccccn1. The average Bonchev–Trinajstić information content (AvgIpc) is 3.85. The first-order valence-electron chi connectivity index (χ1n) is 18.4. The van der Waals surface area contributed by atoms with E-state index in [4.69, 9.17) is 9.97 Å². The van der Waals surface area contributed by atoms with Gasteiger partial charge in [0, 0.05) is 51.2 Å². The molecule has 0 aliphatic carbocycles. The van der Waals surface area contributed by atoms with E-state index in [0.717, 1.165) is 66.3 Å². The third-order valence-corrected chi connectivity index (χ3v) is 11.5. The van der Waals surface area contributed by atoms with Gasteiger partial charge in [-0.2, -0.15) is 0 Å². The van der Waals surface area contributed by atoms with Crippen molar-refractivity contribution in [3.05, 3.63) is 186 Å². The molecular formula is C48H34FN5. The molecule has 5 heterocycles. The molecule has 0 saturated heterocycles. The molecule has 0 saturated carbocycles. The van der Waals surface area contributed by atoms with Gasteiger partial charge >= 0.3 is 0 Å². The number of halogens is 1. The third kappa shape index (κ3) is 4.25. The van der Waals surface area contributed by atoms with Gasteiger partial charge < -0.3 is 4.90 Å². The van der Waals surface area contributed by atoms with E-state index < -0.39 is 6.17 Å². The van der Waals surface area contributed by atoms with Crippen LogP contribution in [0.1, 0.15) is 42.3 Å². The Kier molecular flexibility index (Phi) is 6.48. The summed E-state index contributed by atoms with van der Waals surface area (Å²) >= 11 is 0. The number of aromatic nitrogens is 4. The number of benzene rings is 6. The predicted molar refractivity (Wildman–Crippen MR) is 219 cm³/mol. The lowest BCUT2D eigenvalue weighted by Gasteiger charge is -2.42. The monoisotopic (exact) mass is 699 g/mol. The summed E-state index contributed by atoms with van der Waals surface area (Å²) in [4.78, 5) is 11.9. The van der Waals surface area contributed by atoms with Crippen molar-refractivity contribution >= 4 is 66.2 Å². The largest absolute Gasteiger partial charge is 0.310 e. The normalized spacial score (nSPS) is 14.2. The van der Waals surface area contributed by atoms with Crippen LogP contribution in [0, 0.1) is 0 Å². The van der Waals surface area contributed by atoms with E-state index in [1.165, 1.54) is 16.8 Å². The van der Waals surface area contributed by atoms with Gasteiger partial charge in [-0.1, -0.05) is 98.8 Å². The van der Waals surface area contributed by atoms with Crippen LogP contribution in [0.2, 0.25) is 0 Å². The van der Waals surface area contributed by atoms with Crippen molar-refractivity contribution in [2.75, 3.05) is 4.90 Å². The second kappa shape index (κ2) is 11.4. The van der Waals surface area contributed by atoms with Crippen LogP contribution in [-0.2, 0) is 5.41 Å². The molecule has 1 aliphatic heterocycles. The Balaban J connectivity index is 1.15. The van der Waals surface area contributed by atoms with Crippen molar-refractivity contribution < 1.29 is 4.39 Å². The van der Waals surface area contributed by atoms with E-state index in [1.807, 2.05) is 79.3 Å². The predicted octanol–water partition coefficient (Wildman–Crippen LogP) is 12.3. The Hall–Kier alpha value is -6.79. The van der Waals surface area contributed by atoms with Crippen LogP contribution >= 0.6 is 0 Å². The molecule has 1 aliphatic rings. The summed E-state index contributed by atoms with van der Waals surface area (Å²) in [7, 11) is 0. The van der Waals surface area contributed by atoms with Crippen molar-refractivity contribution in [2.45, 2.75) is 25.4 Å². The quantitative estimate of drug-likeness (QED) is 0.172. The average molecular weight is 700 g/mol. The zero-order chi connectivity index (χ0) is 36.1. The van der Waals surface area contributed by atoms with Gasteiger partial charge in [-0.25, -0.2) is 14.4 Å². The number of para-hydroxylation sites is 3. The van der Waals surface area contributed by atoms with E-state index in [-0.39, 0.29) is 5.41 Å². The molecule has 0 bridgehead atoms. The first kappa shape index (κ1) is 30.8. The molecule has 0 N–H and O–H groups in total. The summed E-state index contributed by atoms with van der Waals surface area (Å²) in [5.74, 6) is 0.790. The Labute approximate surface area is 311 Å². The fourth-order valence-corrected chi connectivity index (χ4v) is 9.08. The minimum absolute atomic E-state index is 0.339. The number of hydrogen-bond acceptors (Lipinski definition) is 3. The third-order valence-electron chi connectivity index (χ3n) is 11.5. The van der Waals surface area contributed by atoms with E-state index in [1.54, 1.807) is 0 Å². The van der Waals surface area contributed by atoms with Gasteiger partial charge in [-0.05, 0) is 88.3 Å². The molecule has 4 aromatic heterocycles. The number of imidazole rings is 1. The van der Waals surface area contributed by atoms with Gasteiger partial charge in [0.05, 0.1) is 27.9 Å². The Morgan fingerprint density at radius 1 is 0.574 bits per heavy atom. The zero-order valence-corrected chi connectivity index (χ0v) is 29.8. The smallest absolute Gasteiger partial charge is 0.150 e. The number of rotatable bonds is 4. The summed E-state index contributed by atoms with van der Waals surface area (Å²) in [6, 6.07) is 50.0. The van der Waals surface area contributed by atoms with Crippen molar-refractivity contribution in [1.29, 1.82) is 0 Å². The van der Waals surface area contributed by atoms with E-state index >= 15 is 4.39 Å². The summed E-state index contributed by atoms with van der Waals surface area (Å²) in [5, 5.41) is 5.31. The topological polar surface area (TPSA) is 38.4 Å². The van der Waals surface area contributed by atoms with Gasteiger partial charge in [0.25, 0.3) is 0 Å². The Bertz CT molecular complexity index is 3110. The molecule has 258 valence electrons. The lowest BCUT2D eigenvalue weighted by atomic mass is 9.72. The number of fused-ring (bicyclic) bond motifs is 12. The van der Waals surface area contributed by atoms with Crippen LogP contribution in [-0.4, -0.2) is 18.9 Å². The second-order valence-electron chi connectivity index (χ2n) is 14.8. The highest BCUT2D eigenvalue weighted by Crippen LogP contribution is 2.55. The fourth-order valence-electron chi connectivity index (χ4n) is 9.08. The van der Waals surface area contributed by atoms with Gasteiger partial charge in [0.1, 0.15) is 11.5 Å². The molecule has 1 atom stereocenters. The summed E-state index contributed by atoms with van der Waals surface area (Å²) in [5.41, 5.74) is 10.6. The van der Waals surface area contributed by atoms with Crippen LogP contribution in [0.25, 0.3) is 54.9 Å². The highest BCUT2D eigenvalue weighted by Gasteiger charge is 2.39. The number of alkyl halides is 1. The lowest BCUT2D eigenvalue weighted by Crippen LogP contribution is -2.30. The molecule has 0 fully saturated rings. The standard InChI is InChI=1S/C48H34FN5/c1-48(2)37-15-7-9-17-39(37)53(32-12-4-3-5-13-32)41-24-23-40-44(45(41)48)35-22-20-31(29-42(35)54(40)43-18-10-11-25-50-43)46(49)30-19-21-33-34-14-6-8-16-38(34)52-27-26-51-47(52)36(33)28-30/h3-29,46H,1-2H3. The molecule has 5 nitrogen and oxygen atoms in total. The minimum atomic E-state index is -1.36. The summed E-state index contributed by atoms with van der Waals surface area (Å²) < 4.78 is 21.4. The van der Waals surface area contributed by atoms with Crippen molar-refractivity contribution in [3.63, 3.8) is 0 Å². The second-order valence-corrected chi connectivity index (χ2v) is 14.8. The first-order valence-corrected chi connectivity index (χ1v) is 18.4. The minimum Gasteiger partial charge on any atom is -0.310 e. The fraction of sp³-hybridized carbons (Fsp3) is 0.0833. The Morgan fingerprint density at radius 3 is 2.19 bits per heavy atom. The van der Waals surface area contributed by atoms with Crippen LogP contribution in [0.5, 0.6) is 0 Å². The molecule has 54 heavy (non-hydrogen) atoms. The molecule has 0 amide bonds. The maximum absolute atomic E-state index is 17.1. The van der Waals surface area contributed by atoms with E-state index in [2.05, 4.69) is 113 Å². The van der Waals surface area contributed by atoms with Crippen LogP contribution < -0.4 is 4.90 Å². The van der Waals surface area contributed by atoms with Crippen LogP contribution in [0.15, 0.2) is 164 Å². The van der Waals surface area contributed by atoms with Crippen LogP contribution in [0.4, 0.5) is 21.5 Å². The highest BCUT2D eigenvalue weighted by atomic mass is 19.1. The number of hydrogen-bond donors (Lipinski definition) is 0. The maximum atomic E-state index is 17.1. The lowest BCUT2D eigenvalue weighted by molar-refractivity contribution is 0.402. The van der Waals surface area contributed by atoms with Gasteiger partial charge in [0.2, 0.25) is 0 Å². The molecule has 6 heteroatoms. The summed E-state index contributed by atoms with van der Waals surface area (Å²) in [6.45, 7) is 4.64. The number of anilines is 3. The van der Waals surface area contributed by atoms with Crippen molar-refractivity contribution in [3.8, 4) is 5.82 Å². The van der Waals surface area contributed by atoms with Gasteiger partial charge in [-0.3, -0.25) is 8.97 Å². The Morgan fingerprint density at radius 2 is 1.33 bits per heavy atom. The molecule has 0 radical (unpaired) electrons. The van der Waals surface area contributed by atoms with E-state index in [0.29, 0.717) is 11.1 Å². The molecule has 6 aromatic carbocycles. The highest BCUT2D eigenvalue weighted by molar-refractivity contribution is 6.15.